The number of benzene rings is 1. The molecule has 2 aromatic rings. The van der Waals surface area contributed by atoms with Crippen molar-refractivity contribution in [3.05, 3.63) is 34.9 Å². The molecule has 0 unspecified atom stereocenters. The van der Waals surface area contributed by atoms with E-state index in [2.05, 4.69) is 15.0 Å². The zero-order valence-corrected chi connectivity index (χ0v) is 8.84. The Morgan fingerprint density at radius 2 is 1.59 bits per heavy atom. The van der Waals surface area contributed by atoms with Crippen molar-refractivity contribution in [2.45, 2.75) is 0 Å². The fourth-order valence-electron chi connectivity index (χ4n) is 1.18. The Labute approximate surface area is 98.3 Å². The van der Waals surface area contributed by atoms with Crippen LogP contribution >= 0.6 is 11.6 Å². The molecule has 1 aromatic heterocycles. The molecule has 4 nitrogen and oxygen atoms in total. The van der Waals surface area contributed by atoms with Crippen LogP contribution in [0.15, 0.2) is 12.1 Å². The Kier molecular flexibility index (Phi) is 2.84. The third-order valence-corrected chi connectivity index (χ3v) is 2.04. The van der Waals surface area contributed by atoms with Gasteiger partial charge in [-0.25, -0.2) is 13.2 Å². The van der Waals surface area contributed by atoms with Gasteiger partial charge in [-0.2, -0.15) is 15.0 Å². The SMILES string of the molecule is Nc1nc(Cl)nc(-c2cc(F)c(F)c(F)c2)n1. The van der Waals surface area contributed by atoms with E-state index in [1.807, 2.05) is 0 Å². The summed E-state index contributed by atoms with van der Waals surface area (Å²) in [4.78, 5) is 10.7. The van der Waals surface area contributed by atoms with E-state index in [0.717, 1.165) is 12.1 Å². The molecule has 0 fully saturated rings. The molecular weight excluding hydrogens is 257 g/mol. The van der Waals surface area contributed by atoms with Crippen molar-refractivity contribution in [2.24, 2.45) is 0 Å². The van der Waals surface area contributed by atoms with Gasteiger partial charge in [0.1, 0.15) is 0 Å². The van der Waals surface area contributed by atoms with Crippen molar-refractivity contribution in [1.29, 1.82) is 0 Å². The first kappa shape index (κ1) is 11.6. The lowest BCUT2D eigenvalue weighted by atomic mass is 10.2. The molecule has 1 heterocycles. The van der Waals surface area contributed by atoms with Crippen LogP contribution in [0.1, 0.15) is 0 Å². The summed E-state index contributed by atoms with van der Waals surface area (Å²) in [6, 6.07) is 1.48. The molecule has 17 heavy (non-hydrogen) atoms. The van der Waals surface area contributed by atoms with Gasteiger partial charge in [0, 0.05) is 5.56 Å². The molecule has 0 radical (unpaired) electrons. The lowest BCUT2D eigenvalue weighted by Gasteiger charge is -2.03. The van der Waals surface area contributed by atoms with Crippen molar-refractivity contribution in [2.75, 3.05) is 5.73 Å². The molecule has 0 spiro atoms. The summed E-state index contributed by atoms with van der Waals surface area (Å²) < 4.78 is 38.7. The van der Waals surface area contributed by atoms with Gasteiger partial charge in [-0.15, -0.1) is 0 Å². The lowest BCUT2D eigenvalue weighted by Crippen LogP contribution is -2.01. The van der Waals surface area contributed by atoms with Crippen LogP contribution in [0.5, 0.6) is 0 Å². The normalized spacial score (nSPS) is 10.6. The van der Waals surface area contributed by atoms with Crippen LogP contribution < -0.4 is 5.73 Å². The maximum atomic E-state index is 13.0. The van der Waals surface area contributed by atoms with Crippen LogP contribution in [0.4, 0.5) is 19.1 Å². The molecule has 8 heteroatoms. The minimum Gasteiger partial charge on any atom is -0.368 e. The summed E-state index contributed by atoms with van der Waals surface area (Å²) in [5.41, 5.74) is 5.21. The van der Waals surface area contributed by atoms with Gasteiger partial charge < -0.3 is 5.73 Å². The highest BCUT2D eigenvalue weighted by atomic mass is 35.5. The second-order valence-corrected chi connectivity index (χ2v) is 3.38. The average Bonchev–Trinajstić information content (AvgIpc) is 2.23. The minimum atomic E-state index is -1.57. The Balaban J connectivity index is 2.60. The predicted octanol–water partition coefficient (Wildman–Crippen LogP) is 2.19. The third-order valence-electron chi connectivity index (χ3n) is 1.87. The molecule has 88 valence electrons. The number of hydrogen-bond donors (Lipinski definition) is 1. The molecular formula is C9H4ClF3N4. The average molecular weight is 261 g/mol. The van der Waals surface area contributed by atoms with Crippen LogP contribution in [0.2, 0.25) is 5.28 Å². The van der Waals surface area contributed by atoms with Gasteiger partial charge in [0.05, 0.1) is 0 Å². The Bertz CT molecular complexity index is 547. The maximum absolute atomic E-state index is 13.0. The first-order valence-electron chi connectivity index (χ1n) is 4.29. The fourth-order valence-corrected chi connectivity index (χ4v) is 1.35. The van der Waals surface area contributed by atoms with Crippen molar-refractivity contribution in [3.63, 3.8) is 0 Å². The summed E-state index contributed by atoms with van der Waals surface area (Å²) in [6.45, 7) is 0. The van der Waals surface area contributed by atoms with Gasteiger partial charge in [-0.1, -0.05) is 0 Å². The van der Waals surface area contributed by atoms with Crippen molar-refractivity contribution < 1.29 is 13.2 Å². The molecule has 0 aliphatic rings. The Hall–Kier alpha value is -1.89. The van der Waals surface area contributed by atoms with Crippen LogP contribution in [0.3, 0.4) is 0 Å². The van der Waals surface area contributed by atoms with E-state index in [-0.39, 0.29) is 22.6 Å². The smallest absolute Gasteiger partial charge is 0.227 e. The number of nitrogens with zero attached hydrogens (tertiary/aromatic N) is 3. The molecule has 0 amide bonds. The van der Waals surface area contributed by atoms with E-state index >= 15 is 0 Å². The largest absolute Gasteiger partial charge is 0.368 e. The second-order valence-electron chi connectivity index (χ2n) is 3.04. The highest BCUT2D eigenvalue weighted by Crippen LogP contribution is 2.21. The minimum absolute atomic E-state index is 0.0857. The van der Waals surface area contributed by atoms with Gasteiger partial charge in [-0.05, 0) is 23.7 Å². The summed E-state index contributed by atoms with van der Waals surface area (Å²) >= 11 is 5.51. The van der Waals surface area contributed by atoms with Gasteiger partial charge in [0.2, 0.25) is 11.2 Å². The summed E-state index contributed by atoms with van der Waals surface area (Å²) in [7, 11) is 0. The number of aromatic nitrogens is 3. The number of halogens is 4. The van der Waals surface area contributed by atoms with Gasteiger partial charge in [0.25, 0.3) is 0 Å². The quantitative estimate of drug-likeness (QED) is 0.798. The number of anilines is 1. The topological polar surface area (TPSA) is 64.7 Å². The summed E-state index contributed by atoms with van der Waals surface area (Å²) in [5.74, 6) is -4.61. The first-order chi connectivity index (χ1) is 7.97. The molecule has 0 bridgehead atoms. The van der Waals surface area contributed by atoms with Crippen LogP contribution in [-0.2, 0) is 0 Å². The molecule has 0 aliphatic heterocycles. The predicted molar refractivity (Wildman–Crippen MR) is 54.6 cm³/mol. The zero-order valence-electron chi connectivity index (χ0n) is 8.09. The molecule has 0 saturated heterocycles. The number of rotatable bonds is 1. The van der Waals surface area contributed by atoms with Crippen LogP contribution in [0, 0.1) is 17.5 Å². The second kappa shape index (κ2) is 4.17. The van der Waals surface area contributed by atoms with E-state index in [1.54, 1.807) is 0 Å². The van der Waals surface area contributed by atoms with Crippen molar-refractivity contribution >= 4 is 17.5 Å². The fraction of sp³-hybridized carbons (Fsp3) is 0. The van der Waals surface area contributed by atoms with E-state index in [0.29, 0.717) is 0 Å². The van der Waals surface area contributed by atoms with Gasteiger partial charge >= 0.3 is 0 Å². The number of nitrogen functional groups attached to an aromatic ring is 1. The molecule has 0 atom stereocenters. The standard InChI is InChI=1S/C9H4ClF3N4/c10-8-15-7(16-9(14)17-8)3-1-4(11)6(13)5(12)2-3/h1-2H,(H2,14,15,16,17). The lowest BCUT2D eigenvalue weighted by molar-refractivity contribution is 0.447. The van der Waals surface area contributed by atoms with E-state index in [1.165, 1.54) is 0 Å². The highest BCUT2D eigenvalue weighted by molar-refractivity contribution is 6.28. The molecule has 2 N–H and O–H groups in total. The van der Waals surface area contributed by atoms with Gasteiger partial charge in [-0.3, -0.25) is 0 Å². The monoisotopic (exact) mass is 260 g/mol. The Morgan fingerprint density at radius 3 is 2.12 bits per heavy atom. The van der Waals surface area contributed by atoms with Crippen molar-refractivity contribution in [1.82, 2.24) is 15.0 Å². The highest BCUT2D eigenvalue weighted by Gasteiger charge is 2.14. The Morgan fingerprint density at radius 1 is 1.00 bits per heavy atom. The third kappa shape index (κ3) is 2.28. The van der Waals surface area contributed by atoms with Gasteiger partial charge in [0.15, 0.2) is 23.3 Å². The molecule has 0 saturated carbocycles. The van der Waals surface area contributed by atoms with E-state index in [9.17, 15) is 13.2 Å². The van der Waals surface area contributed by atoms with Crippen molar-refractivity contribution in [3.8, 4) is 11.4 Å². The number of hydrogen-bond acceptors (Lipinski definition) is 4. The van der Waals surface area contributed by atoms with Crippen LogP contribution in [-0.4, -0.2) is 15.0 Å². The molecule has 1 aromatic carbocycles. The molecule has 0 aliphatic carbocycles. The first-order valence-corrected chi connectivity index (χ1v) is 4.67. The summed E-state index contributed by atoms with van der Waals surface area (Å²) in [6.07, 6.45) is 0. The van der Waals surface area contributed by atoms with E-state index < -0.39 is 17.5 Å². The zero-order chi connectivity index (χ0) is 12.6. The summed E-state index contributed by atoms with van der Waals surface area (Å²) in [5, 5.41) is -0.224. The molecule has 2 rings (SSSR count). The van der Waals surface area contributed by atoms with E-state index in [4.69, 9.17) is 17.3 Å². The maximum Gasteiger partial charge on any atom is 0.227 e. The van der Waals surface area contributed by atoms with Crippen LogP contribution in [0.25, 0.3) is 11.4 Å². The number of nitrogens with two attached hydrogens (primary N) is 1.